The minimum Gasteiger partial charge on any atom is -0.437 e. The number of pyridine rings is 1. The van der Waals surface area contributed by atoms with Crippen LogP contribution in [0.25, 0.3) is 0 Å². The Bertz CT molecular complexity index is 561. The van der Waals surface area contributed by atoms with Crippen LogP contribution in [0.5, 0.6) is 11.6 Å². The molecule has 0 bridgehead atoms. The van der Waals surface area contributed by atoms with E-state index in [1.807, 2.05) is 19.1 Å². The van der Waals surface area contributed by atoms with Gasteiger partial charge in [-0.05, 0) is 24.7 Å². The second-order valence-corrected chi connectivity index (χ2v) is 4.71. The summed E-state index contributed by atoms with van der Waals surface area (Å²) >= 11 is 12.1. The van der Waals surface area contributed by atoms with Gasteiger partial charge in [0.15, 0.2) is 0 Å². The van der Waals surface area contributed by atoms with Gasteiger partial charge in [0, 0.05) is 12.6 Å². The molecule has 1 aromatic carbocycles. The predicted molar refractivity (Wildman–Crippen MR) is 78.2 cm³/mol. The van der Waals surface area contributed by atoms with Gasteiger partial charge >= 0.3 is 0 Å². The van der Waals surface area contributed by atoms with Crippen molar-refractivity contribution < 1.29 is 4.74 Å². The van der Waals surface area contributed by atoms with Gasteiger partial charge in [-0.15, -0.1) is 0 Å². The first-order valence-electron chi connectivity index (χ1n) is 5.99. The molecule has 0 spiro atoms. The molecule has 0 saturated carbocycles. The van der Waals surface area contributed by atoms with Gasteiger partial charge in [0.2, 0.25) is 5.88 Å². The Morgan fingerprint density at radius 2 is 1.89 bits per heavy atom. The molecule has 3 nitrogen and oxygen atoms in total. The number of nitrogens with zero attached hydrogens (tertiary/aromatic N) is 1. The summed E-state index contributed by atoms with van der Waals surface area (Å²) in [5, 5.41) is 4.35. The number of hydrogen-bond donors (Lipinski definition) is 1. The lowest BCUT2D eigenvalue weighted by molar-refractivity contribution is 0.460. The molecule has 0 aliphatic rings. The van der Waals surface area contributed by atoms with Crippen molar-refractivity contribution in [3.8, 4) is 11.6 Å². The Balaban J connectivity index is 2.19. The van der Waals surface area contributed by atoms with Gasteiger partial charge in [0.1, 0.15) is 5.75 Å². The zero-order chi connectivity index (χ0) is 13.7. The van der Waals surface area contributed by atoms with Gasteiger partial charge in [0.25, 0.3) is 0 Å². The maximum atomic E-state index is 6.08. The Morgan fingerprint density at radius 1 is 1.11 bits per heavy atom. The highest BCUT2D eigenvalue weighted by Gasteiger charge is 2.07. The largest absolute Gasteiger partial charge is 0.437 e. The van der Waals surface area contributed by atoms with Crippen LogP contribution in [0, 0.1) is 0 Å². The molecule has 0 amide bonds. The van der Waals surface area contributed by atoms with Gasteiger partial charge in [-0.2, -0.15) is 0 Å². The van der Waals surface area contributed by atoms with Crippen LogP contribution >= 0.6 is 23.2 Å². The molecule has 1 aromatic heterocycles. The molecule has 0 atom stereocenters. The number of nitrogens with one attached hydrogen (secondary N) is 1. The minimum absolute atomic E-state index is 0.477. The van der Waals surface area contributed by atoms with E-state index in [0.717, 1.165) is 12.2 Å². The third-order valence-corrected chi connectivity index (χ3v) is 3.14. The predicted octanol–water partition coefficient (Wildman–Crippen LogP) is 4.29. The van der Waals surface area contributed by atoms with Crippen LogP contribution in [0.15, 0.2) is 36.4 Å². The van der Waals surface area contributed by atoms with Crippen molar-refractivity contribution in [2.24, 2.45) is 0 Å². The van der Waals surface area contributed by atoms with Crippen molar-refractivity contribution in [2.75, 3.05) is 6.54 Å². The van der Waals surface area contributed by atoms with Crippen LogP contribution in [0.1, 0.15) is 12.6 Å². The first kappa shape index (κ1) is 14.1. The van der Waals surface area contributed by atoms with E-state index in [2.05, 4.69) is 10.3 Å². The van der Waals surface area contributed by atoms with Gasteiger partial charge in [0.05, 0.1) is 15.7 Å². The fourth-order valence-corrected chi connectivity index (χ4v) is 1.88. The number of hydrogen-bond acceptors (Lipinski definition) is 3. The monoisotopic (exact) mass is 296 g/mol. The summed E-state index contributed by atoms with van der Waals surface area (Å²) in [4.78, 5) is 4.37. The first-order valence-corrected chi connectivity index (χ1v) is 6.75. The number of ether oxygens (including phenoxy) is 1. The second-order valence-electron chi connectivity index (χ2n) is 3.89. The number of aromatic nitrogens is 1. The molecule has 2 rings (SSSR count). The summed E-state index contributed by atoms with van der Waals surface area (Å²) in [7, 11) is 0. The number of benzene rings is 1. The highest BCUT2D eigenvalue weighted by Crippen LogP contribution is 2.28. The van der Waals surface area contributed by atoms with Gasteiger partial charge in [-0.3, -0.25) is 0 Å². The average molecular weight is 297 g/mol. The summed E-state index contributed by atoms with van der Waals surface area (Å²) in [6.45, 7) is 3.49. The summed E-state index contributed by atoms with van der Waals surface area (Å²) in [6.07, 6.45) is 0. The van der Waals surface area contributed by atoms with E-state index >= 15 is 0 Å². The molecular formula is C14H14Cl2N2O. The van der Waals surface area contributed by atoms with Crippen LogP contribution in [0.3, 0.4) is 0 Å². The number of rotatable bonds is 5. The van der Waals surface area contributed by atoms with Crippen molar-refractivity contribution in [3.05, 3.63) is 52.1 Å². The lowest BCUT2D eigenvalue weighted by atomic mass is 10.3. The van der Waals surface area contributed by atoms with Crippen LogP contribution in [-0.2, 0) is 6.54 Å². The third kappa shape index (κ3) is 3.83. The van der Waals surface area contributed by atoms with Crippen molar-refractivity contribution >= 4 is 23.2 Å². The van der Waals surface area contributed by atoms with Crippen LogP contribution < -0.4 is 10.1 Å². The van der Waals surface area contributed by atoms with Gasteiger partial charge < -0.3 is 10.1 Å². The minimum atomic E-state index is 0.477. The van der Waals surface area contributed by atoms with Crippen molar-refractivity contribution in [3.63, 3.8) is 0 Å². The molecule has 100 valence electrons. The molecule has 19 heavy (non-hydrogen) atoms. The SMILES string of the molecule is CCNCc1nc(Oc2ccccc2Cl)ccc1Cl. The van der Waals surface area contributed by atoms with E-state index < -0.39 is 0 Å². The molecule has 0 fully saturated rings. The molecular weight excluding hydrogens is 283 g/mol. The highest BCUT2D eigenvalue weighted by molar-refractivity contribution is 6.32. The van der Waals surface area contributed by atoms with E-state index in [9.17, 15) is 0 Å². The molecule has 2 aromatic rings. The Morgan fingerprint density at radius 3 is 2.63 bits per heavy atom. The van der Waals surface area contributed by atoms with E-state index in [1.54, 1.807) is 24.3 Å². The summed E-state index contributed by atoms with van der Waals surface area (Å²) in [5.74, 6) is 1.05. The topological polar surface area (TPSA) is 34.2 Å². The van der Waals surface area contributed by atoms with E-state index in [1.165, 1.54) is 0 Å². The highest BCUT2D eigenvalue weighted by atomic mass is 35.5. The first-order chi connectivity index (χ1) is 9.20. The lowest BCUT2D eigenvalue weighted by Crippen LogP contribution is -2.13. The molecule has 0 unspecified atom stereocenters. The Labute approximate surface area is 122 Å². The maximum Gasteiger partial charge on any atom is 0.219 e. The molecule has 1 heterocycles. The second kappa shape index (κ2) is 6.75. The summed E-state index contributed by atoms with van der Waals surface area (Å²) in [5.41, 5.74) is 0.757. The van der Waals surface area contributed by atoms with E-state index in [-0.39, 0.29) is 0 Å². The summed E-state index contributed by atoms with van der Waals surface area (Å²) < 4.78 is 5.66. The molecule has 0 saturated heterocycles. The number of halogens is 2. The standard InChI is InChI=1S/C14H14Cl2N2O/c1-2-17-9-12-10(15)7-8-14(18-12)19-13-6-4-3-5-11(13)16/h3-8,17H,2,9H2,1H3. The smallest absolute Gasteiger partial charge is 0.219 e. The normalized spacial score (nSPS) is 10.5. The fraction of sp³-hybridized carbons (Fsp3) is 0.214. The van der Waals surface area contributed by atoms with Crippen molar-refractivity contribution in [2.45, 2.75) is 13.5 Å². The molecule has 5 heteroatoms. The van der Waals surface area contributed by atoms with Crippen molar-refractivity contribution in [1.29, 1.82) is 0 Å². The lowest BCUT2D eigenvalue weighted by Gasteiger charge is -2.09. The van der Waals surface area contributed by atoms with Gasteiger partial charge in [-0.1, -0.05) is 42.3 Å². The van der Waals surface area contributed by atoms with Crippen LogP contribution in [0.2, 0.25) is 10.0 Å². The molecule has 0 radical (unpaired) electrons. The van der Waals surface area contributed by atoms with Crippen molar-refractivity contribution in [1.82, 2.24) is 10.3 Å². The Hall–Kier alpha value is -1.29. The average Bonchev–Trinajstić information content (AvgIpc) is 2.42. The number of para-hydroxylation sites is 1. The fourth-order valence-electron chi connectivity index (χ4n) is 1.53. The maximum absolute atomic E-state index is 6.08. The van der Waals surface area contributed by atoms with Crippen LogP contribution in [-0.4, -0.2) is 11.5 Å². The zero-order valence-corrected chi connectivity index (χ0v) is 12.0. The van der Waals surface area contributed by atoms with Crippen LogP contribution in [0.4, 0.5) is 0 Å². The quantitative estimate of drug-likeness (QED) is 0.894. The molecule has 0 aliphatic carbocycles. The van der Waals surface area contributed by atoms with E-state index in [0.29, 0.717) is 28.2 Å². The summed E-state index contributed by atoms with van der Waals surface area (Å²) in [6, 6.07) is 10.8. The zero-order valence-electron chi connectivity index (χ0n) is 10.5. The van der Waals surface area contributed by atoms with E-state index in [4.69, 9.17) is 27.9 Å². The van der Waals surface area contributed by atoms with Gasteiger partial charge in [-0.25, -0.2) is 4.98 Å². The molecule has 0 aliphatic heterocycles. The Kier molecular flexibility index (Phi) is 5.02. The third-order valence-electron chi connectivity index (χ3n) is 2.49. The molecule has 1 N–H and O–H groups in total.